The molecule has 1 fully saturated rings. The average Bonchev–Trinajstić information content (AvgIpc) is 2.99. The summed E-state index contributed by atoms with van der Waals surface area (Å²) in [6.45, 7) is 0.214. The first-order valence-electron chi connectivity index (χ1n) is 8.31. The molecular weight excluding hydrogens is 350 g/mol. The molecule has 0 radical (unpaired) electrons. The minimum Gasteiger partial charge on any atom is -0.337 e. The molecule has 1 heterocycles. The molecule has 8 nitrogen and oxygen atoms in total. The van der Waals surface area contributed by atoms with E-state index < -0.39 is 4.92 Å². The standard InChI is InChI=1S/C19H17N3O5/c1-20(12-13-3-2-4-16(11-13)22(26)27)19(25)14-5-7-15(8-6-14)21-17(23)9-10-18(21)24/h2-8,11H,9-10,12H2,1H3. The summed E-state index contributed by atoms with van der Waals surface area (Å²) < 4.78 is 0. The van der Waals surface area contributed by atoms with Crippen LogP contribution in [0.25, 0.3) is 0 Å². The molecule has 1 aliphatic heterocycles. The first-order chi connectivity index (χ1) is 12.9. The Morgan fingerprint density at radius 1 is 1.11 bits per heavy atom. The van der Waals surface area contributed by atoms with Crippen molar-refractivity contribution < 1.29 is 19.3 Å². The van der Waals surface area contributed by atoms with Gasteiger partial charge in [0.05, 0.1) is 10.6 Å². The van der Waals surface area contributed by atoms with Crippen LogP contribution in [0.1, 0.15) is 28.8 Å². The van der Waals surface area contributed by atoms with E-state index in [9.17, 15) is 24.5 Å². The van der Waals surface area contributed by atoms with Gasteiger partial charge < -0.3 is 4.90 Å². The number of nitro benzene ring substituents is 1. The lowest BCUT2D eigenvalue weighted by atomic mass is 10.1. The Labute approximate surface area is 155 Å². The molecule has 0 atom stereocenters. The fourth-order valence-corrected chi connectivity index (χ4v) is 2.95. The number of rotatable bonds is 5. The molecule has 8 heteroatoms. The van der Waals surface area contributed by atoms with E-state index in [1.807, 2.05) is 0 Å². The Morgan fingerprint density at radius 2 is 1.74 bits per heavy atom. The van der Waals surface area contributed by atoms with Gasteiger partial charge in [0.2, 0.25) is 11.8 Å². The van der Waals surface area contributed by atoms with Crippen molar-refractivity contribution in [2.24, 2.45) is 0 Å². The van der Waals surface area contributed by atoms with Gasteiger partial charge >= 0.3 is 0 Å². The number of benzene rings is 2. The van der Waals surface area contributed by atoms with Crippen molar-refractivity contribution in [3.8, 4) is 0 Å². The highest BCUT2D eigenvalue weighted by molar-refractivity contribution is 6.19. The molecule has 2 aromatic rings. The van der Waals surface area contributed by atoms with Crippen LogP contribution in [0.2, 0.25) is 0 Å². The molecule has 0 N–H and O–H groups in total. The third-order valence-electron chi connectivity index (χ3n) is 4.31. The quantitative estimate of drug-likeness (QED) is 0.459. The van der Waals surface area contributed by atoms with Crippen LogP contribution in [0.15, 0.2) is 48.5 Å². The van der Waals surface area contributed by atoms with Gasteiger partial charge in [-0.2, -0.15) is 0 Å². The Morgan fingerprint density at radius 3 is 2.33 bits per heavy atom. The van der Waals surface area contributed by atoms with Crippen LogP contribution < -0.4 is 4.90 Å². The third-order valence-corrected chi connectivity index (χ3v) is 4.31. The summed E-state index contributed by atoms with van der Waals surface area (Å²) in [6.07, 6.45) is 0.400. The highest BCUT2D eigenvalue weighted by atomic mass is 16.6. The van der Waals surface area contributed by atoms with Gasteiger partial charge in [-0.25, -0.2) is 0 Å². The van der Waals surface area contributed by atoms with Crippen molar-refractivity contribution in [3.05, 3.63) is 69.8 Å². The Kier molecular flexibility index (Phi) is 4.98. The summed E-state index contributed by atoms with van der Waals surface area (Å²) in [5.41, 5.74) is 1.45. The molecule has 3 rings (SSSR count). The first-order valence-corrected chi connectivity index (χ1v) is 8.31. The number of anilines is 1. The van der Waals surface area contributed by atoms with E-state index in [0.29, 0.717) is 16.8 Å². The van der Waals surface area contributed by atoms with Crippen molar-refractivity contribution in [2.45, 2.75) is 19.4 Å². The molecule has 1 saturated heterocycles. The van der Waals surface area contributed by atoms with Gasteiger partial charge in [-0.1, -0.05) is 12.1 Å². The third kappa shape index (κ3) is 3.84. The highest BCUT2D eigenvalue weighted by Crippen LogP contribution is 2.23. The van der Waals surface area contributed by atoms with Crippen LogP contribution in [-0.2, 0) is 16.1 Å². The Bertz CT molecular complexity index is 907. The zero-order chi connectivity index (χ0) is 19.6. The van der Waals surface area contributed by atoms with Crippen molar-refractivity contribution >= 4 is 29.1 Å². The maximum Gasteiger partial charge on any atom is 0.269 e. The molecule has 2 aromatic carbocycles. The lowest BCUT2D eigenvalue weighted by molar-refractivity contribution is -0.384. The number of carbonyl (C=O) groups is 3. The lowest BCUT2D eigenvalue weighted by Gasteiger charge is -2.18. The van der Waals surface area contributed by atoms with Crippen LogP contribution in [0.4, 0.5) is 11.4 Å². The van der Waals surface area contributed by atoms with Gasteiger partial charge in [-0.05, 0) is 29.8 Å². The number of nitrogens with zero attached hydrogens (tertiary/aromatic N) is 3. The number of hydrogen-bond acceptors (Lipinski definition) is 5. The predicted octanol–water partition coefficient (Wildman–Crippen LogP) is 2.52. The molecular formula is C19H17N3O5. The fraction of sp³-hybridized carbons (Fsp3) is 0.211. The van der Waals surface area contributed by atoms with E-state index in [4.69, 9.17) is 0 Å². The smallest absolute Gasteiger partial charge is 0.269 e. The SMILES string of the molecule is CN(Cc1cccc([N+](=O)[O-])c1)C(=O)c1ccc(N2C(=O)CCC2=O)cc1. The van der Waals surface area contributed by atoms with Gasteiger partial charge in [0.15, 0.2) is 0 Å². The van der Waals surface area contributed by atoms with Crippen molar-refractivity contribution in [1.29, 1.82) is 0 Å². The van der Waals surface area contributed by atoms with Gasteiger partial charge in [0.25, 0.3) is 11.6 Å². The molecule has 1 aliphatic rings. The summed E-state index contributed by atoms with van der Waals surface area (Å²) in [5.74, 6) is -0.768. The van der Waals surface area contributed by atoms with E-state index in [-0.39, 0.29) is 42.8 Å². The van der Waals surface area contributed by atoms with E-state index in [1.54, 1.807) is 43.4 Å². The zero-order valence-electron chi connectivity index (χ0n) is 14.6. The van der Waals surface area contributed by atoms with Gasteiger partial charge in [-0.3, -0.25) is 29.4 Å². The van der Waals surface area contributed by atoms with Crippen molar-refractivity contribution in [3.63, 3.8) is 0 Å². The molecule has 0 aromatic heterocycles. The second-order valence-electron chi connectivity index (χ2n) is 6.26. The van der Waals surface area contributed by atoms with Gasteiger partial charge in [0.1, 0.15) is 0 Å². The Hall–Kier alpha value is -3.55. The molecule has 138 valence electrons. The molecule has 0 saturated carbocycles. The van der Waals surface area contributed by atoms with Gasteiger partial charge in [0, 0.05) is 44.1 Å². The van der Waals surface area contributed by atoms with Crippen LogP contribution in [0.3, 0.4) is 0 Å². The maximum atomic E-state index is 12.6. The predicted molar refractivity (Wildman–Crippen MR) is 97.1 cm³/mol. The second-order valence-corrected chi connectivity index (χ2v) is 6.26. The maximum absolute atomic E-state index is 12.6. The number of amides is 3. The fourth-order valence-electron chi connectivity index (χ4n) is 2.95. The highest BCUT2D eigenvalue weighted by Gasteiger charge is 2.30. The average molecular weight is 367 g/mol. The van der Waals surface area contributed by atoms with Crippen molar-refractivity contribution in [2.75, 3.05) is 11.9 Å². The molecule has 0 aliphatic carbocycles. The molecule has 3 amide bonds. The Balaban J connectivity index is 1.72. The summed E-state index contributed by atoms with van der Waals surface area (Å²) in [4.78, 5) is 49.1. The topological polar surface area (TPSA) is 101 Å². The number of non-ortho nitro benzene ring substituents is 1. The number of imide groups is 1. The summed E-state index contributed by atoms with van der Waals surface area (Å²) in [6, 6.07) is 12.4. The minimum atomic E-state index is -0.481. The first kappa shape index (κ1) is 18.2. The van der Waals surface area contributed by atoms with Crippen LogP contribution >= 0.6 is 0 Å². The molecule has 27 heavy (non-hydrogen) atoms. The largest absolute Gasteiger partial charge is 0.337 e. The van der Waals surface area contributed by atoms with Crippen LogP contribution in [0.5, 0.6) is 0 Å². The number of carbonyl (C=O) groups excluding carboxylic acids is 3. The lowest BCUT2D eigenvalue weighted by Crippen LogP contribution is -2.29. The van der Waals surface area contributed by atoms with E-state index >= 15 is 0 Å². The monoisotopic (exact) mass is 367 g/mol. The second kappa shape index (κ2) is 7.36. The molecule has 0 spiro atoms. The van der Waals surface area contributed by atoms with E-state index in [1.165, 1.54) is 17.0 Å². The molecule has 0 bridgehead atoms. The zero-order valence-corrected chi connectivity index (χ0v) is 14.6. The molecule has 0 unspecified atom stereocenters. The van der Waals surface area contributed by atoms with Crippen molar-refractivity contribution in [1.82, 2.24) is 4.90 Å². The van der Waals surface area contributed by atoms with E-state index in [0.717, 1.165) is 4.90 Å². The normalized spacial score (nSPS) is 13.7. The summed E-state index contributed by atoms with van der Waals surface area (Å²) >= 11 is 0. The number of nitro groups is 1. The summed E-state index contributed by atoms with van der Waals surface area (Å²) in [7, 11) is 1.60. The van der Waals surface area contributed by atoms with Gasteiger partial charge in [-0.15, -0.1) is 0 Å². The minimum absolute atomic E-state index is 0.0300. The summed E-state index contributed by atoms with van der Waals surface area (Å²) in [5, 5.41) is 10.9. The van der Waals surface area contributed by atoms with Crippen LogP contribution in [0, 0.1) is 10.1 Å². The van der Waals surface area contributed by atoms with Crippen LogP contribution in [-0.4, -0.2) is 34.6 Å². The van der Waals surface area contributed by atoms with E-state index in [2.05, 4.69) is 0 Å². The number of hydrogen-bond donors (Lipinski definition) is 0.